The van der Waals surface area contributed by atoms with E-state index in [1.165, 1.54) is 12.1 Å². The van der Waals surface area contributed by atoms with Gasteiger partial charge in [0, 0.05) is 6.54 Å². The van der Waals surface area contributed by atoms with Gasteiger partial charge < -0.3 is 10.1 Å². The summed E-state index contributed by atoms with van der Waals surface area (Å²) in [7, 11) is 1.62. The molecule has 0 aliphatic rings. The van der Waals surface area contributed by atoms with Gasteiger partial charge in [0.15, 0.2) is 0 Å². The van der Waals surface area contributed by atoms with Crippen LogP contribution in [0.5, 0.6) is 5.75 Å². The first-order valence-electron chi connectivity index (χ1n) is 5.61. The quantitative estimate of drug-likeness (QED) is 0.879. The lowest BCUT2D eigenvalue weighted by Gasteiger charge is -2.11. The second kappa shape index (κ2) is 6.13. The van der Waals surface area contributed by atoms with Gasteiger partial charge in [0.2, 0.25) is 0 Å². The highest BCUT2D eigenvalue weighted by Gasteiger charge is 2.08. The van der Waals surface area contributed by atoms with E-state index >= 15 is 0 Å². The zero-order valence-electron chi connectivity index (χ0n) is 10.2. The predicted molar refractivity (Wildman–Crippen MR) is 76.7 cm³/mol. The standard InChI is InChI=1S/C14H12Cl2FNO/c1-19-11-4-2-9(3-5-11)8-18-14-12(15)6-10(17)7-13(14)16/h2-7,18H,8H2,1H3. The van der Waals surface area contributed by atoms with E-state index < -0.39 is 5.82 Å². The summed E-state index contributed by atoms with van der Waals surface area (Å²) in [6, 6.07) is 10.0. The maximum absolute atomic E-state index is 13.0. The maximum atomic E-state index is 13.0. The van der Waals surface area contributed by atoms with Crippen molar-refractivity contribution in [2.24, 2.45) is 0 Å². The van der Waals surface area contributed by atoms with Crippen LogP contribution in [-0.4, -0.2) is 7.11 Å². The van der Waals surface area contributed by atoms with Crippen molar-refractivity contribution >= 4 is 28.9 Å². The first-order chi connectivity index (χ1) is 9.10. The number of halogens is 3. The van der Waals surface area contributed by atoms with Crippen molar-refractivity contribution in [3.05, 3.63) is 57.8 Å². The SMILES string of the molecule is COc1ccc(CNc2c(Cl)cc(F)cc2Cl)cc1. The van der Waals surface area contributed by atoms with Crippen LogP contribution in [0.3, 0.4) is 0 Å². The molecule has 5 heteroatoms. The van der Waals surface area contributed by atoms with Crippen LogP contribution in [0.1, 0.15) is 5.56 Å². The number of ether oxygens (including phenoxy) is 1. The van der Waals surface area contributed by atoms with Gasteiger partial charge in [-0.15, -0.1) is 0 Å². The normalized spacial score (nSPS) is 10.3. The summed E-state index contributed by atoms with van der Waals surface area (Å²) in [6.07, 6.45) is 0. The molecule has 1 N–H and O–H groups in total. The lowest BCUT2D eigenvalue weighted by molar-refractivity contribution is 0.414. The summed E-state index contributed by atoms with van der Waals surface area (Å²) < 4.78 is 18.1. The highest BCUT2D eigenvalue weighted by atomic mass is 35.5. The van der Waals surface area contributed by atoms with Crippen LogP contribution in [-0.2, 0) is 6.54 Å². The molecule has 0 atom stereocenters. The van der Waals surface area contributed by atoms with Crippen molar-refractivity contribution in [3.8, 4) is 5.75 Å². The van der Waals surface area contributed by atoms with Crippen molar-refractivity contribution < 1.29 is 9.13 Å². The fourth-order valence-corrected chi connectivity index (χ4v) is 2.24. The highest BCUT2D eigenvalue weighted by molar-refractivity contribution is 6.39. The van der Waals surface area contributed by atoms with Crippen LogP contribution in [0.2, 0.25) is 10.0 Å². The Morgan fingerprint density at radius 3 is 2.21 bits per heavy atom. The molecule has 0 saturated carbocycles. The molecule has 0 radical (unpaired) electrons. The van der Waals surface area contributed by atoms with Crippen molar-refractivity contribution in [1.29, 1.82) is 0 Å². The Morgan fingerprint density at radius 1 is 1.11 bits per heavy atom. The maximum Gasteiger partial charge on any atom is 0.126 e. The molecule has 2 rings (SSSR count). The van der Waals surface area contributed by atoms with Gasteiger partial charge in [-0.2, -0.15) is 0 Å². The molecule has 19 heavy (non-hydrogen) atoms. The second-order valence-corrected chi connectivity index (χ2v) is 4.76. The average molecular weight is 300 g/mol. The Kier molecular flexibility index (Phi) is 4.51. The lowest BCUT2D eigenvalue weighted by Crippen LogP contribution is -2.01. The molecule has 100 valence electrons. The number of anilines is 1. The smallest absolute Gasteiger partial charge is 0.126 e. The predicted octanol–water partition coefficient (Wildman–Crippen LogP) is 4.75. The summed E-state index contributed by atoms with van der Waals surface area (Å²) in [5, 5.41) is 3.62. The summed E-state index contributed by atoms with van der Waals surface area (Å²) in [5.74, 6) is 0.339. The fourth-order valence-electron chi connectivity index (χ4n) is 1.64. The molecular weight excluding hydrogens is 288 g/mol. The zero-order chi connectivity index (χ0) is 13.8. The van der Waals surface area contributed by atoms with Gasteiger partial charge in [-0.25, -0.2) is 4.39 Å². The summed E-state index contributed by atoms with van der Waals surface area (Å²) >= 11 is 11.9. The van der Waals surface area contributed by atoms with Crippen LogP contribution in [0.25, 0.3) is 0 Å². The average Bonchev–Trinajstić information content (AvgIpc) is 2.38. The molecule has 0 aromatic heterocycles. The Bertz CT molecular complexity index is 549. The van der Waals surface area contributed by atoms with E-state index in [-0.39, 0.29) is 10.0 Å². The molecular formula is C14H12Cl2FNO. The van der Waals surface area contributed by atoms with Crippen LogP contribution < -0.4 is 10.1 Å². The molecule has 2 aromatic carbocycles. The molecule has 0 aliphatic carbocycles. The van der Waals surface area contributed by atoms with Gasteiger partial charge in [0.05, 0.1) is 22.8 Å². The molecule has 0 amide bonds. The van der Waals surface area contributed by atoms with Crippen LogP contribution >= 0.6 is 23.2 Å². The largest absolute Gasteiger partial charge is 0.497 e. The minimum atomic E-state index is -0.454. The highest BCUT2D eigenvalue weighted by Crippen LogP contribution is 2.31. The molecule has 0 aliphatic heterocycles. The molecule has 0 spiro atoms. The number of methoxy groups -OCH3 is 1. The number of nitrogens with one attached hydrogen (secondary N) is 1. The summed E-state index contributed by atoms with van der Waals surface area (Å²) in [5.41, 5.74) is 1.57. The summed E-state index contributed by atoms with van der Waals surface area (Å²) in [4.78, 5) is 0. The molecule has 0 unspecified atom stereocenters. The third kappa shape index (κ3) is 3.52. The van der Waals surface area contributed by atoms with Gasteiger partial charge >= 0.3 is 0 Å². The molecule has 0 fully saturated rings. The number of hydrogen-bond donors (Lipinski definition) is 1. The van der Waals surface area contributed by atoms with Crippen molar-refractivity contribution in [1.82, 2.24) is 0 Å². The van der Waals surface area contributed by atoms with E-state index in [0.717, 1.165) is 11.3 Å². The number of rotatable bonds is 4. The van der Waals surface area contributed by atoms with Crippen LogP contribution in [0.4, 0.5) is 10.1 Å². The van der Waals surface area contributed by atoms with Gasteiger partial charge in [0.1, 0.15) is 11.6 Å². The molecule has 0 heterocycles. The van der Waals surface area contributed by atoms with E-state index in [2.05, 4.69) is 5.32 Å². The summed E-state index contributed by atoms with van der Waals surface area (Å²) in [6.45, 7) is 0.537. The lowest BCUT2D eigenvalue weighted by atomic mass is 10.2. The van der Waals surface area contributed by atoms with E-state index in [1.807, 2.05) is 24.3 Å². The molecule has 2 nitrogen and oxygen atoms in total. The zero-order valence-corrected chi connectivity index (χ0v) is 11.7. The fraction of sp³-hybridized carbons (Fsp3) is 0.143. The van der Waals surface area contributed by atoms with E-state index in [0.29, 0.717) is 12.2 Å². The van der Waals surface area contributed by atoms with Gasteiger partial charge in [0.25, 0.3) is 0 Å². The Balaban J connectivity index is 2.10. The second-order valence-electron chi connectivity index (χ2n) is 3.95. The first kappa shape index (κ1) is 14.0. The minimum Gasteiger partial charge on any atom is -0.497 e. The van der Waals surface area contributed by atoms with Crippen LogP contribution in [0, 0.1) is 5.82 Å². The first-order valence-corrected chi connectivity index (χ1v) is 6.37. The molecule has 0 saturated heterocycles. The molecule has 2 aromatic rings. The Hall–Kier alpha value is -1.45. The Morgan fingerprint density at radius 2 is 1.68 bits per heavy atom. The topological polar surface area (TPSA) is 21.3 Å². The molecule has 0 bridgehead atoms. The van der Waals surface area contributed by atoms with Gasteiger partial charge in [-0.1, -0.05) is 35.3 Å². The van der Waals surface area contributed by atoms with E-state index in [4.69, 9.17) is 27.9 Å². The third-order valence-electron chi connectivity index (χ3n) is 2.64. The van der Waals surface area contributed by atoms with Crippen molar-refractivity contribution in [2.75, 3.05) is 12.4 Å². The monoisotopic (exact) mass is 299 g/mol. The third-order valence-corrected chi connectivity index (χ3v) is 3.23. The van der Waals surface area contributed by atoms with Crippen molar-refractivity contribution in [3.63, 3.8) is 0 Å². The number of hydrogen-bond acceptors (Lipinski definition) is 2. The minimum absolute atomic E-state index is 0.263. The van der Waals surface area contributed by atoms with E-state index in [1.54, 1.807) is 7.11 Å². The van der Waals surface area contributed by atoms with Gasteiger partial charge in [-0.05, 0) is 29.8 Å². The van der Waals surface area contributed by atoms with Crippen molar-refractivity contribution in [2.45, 2.75) is 6.54 Å². The Labute approximate surface area is 121 Å². The van der Waals surface area contributed by atoms with E-state index in [9.17, 15) is 4.39 Å². The number of benzene rings is 2. The van der Waals surface area contributed by atoms with Crippen LogP contribution in [0.15, 0.2) is 36.4 Å². The van der Waals surface area contributed by atoms with Gasteiger partial charge in [-0.3, -0.25) is 0 Å².